The van der Waals surface area contributed by atoms with Crippen molar-refractivity contribution in [2.75, 3.05) is 17.2 Å². The molecule has 0 aliphatic carbocycles. The van der Waals surface area contributed by atoms with Crippen LogP contribution < -0.4 is 10.6 Å². The number of amides is 1. The summed E-state index contributed by atoms with van der Waals surface area (Å²) in [6, 6.07) is 18.6. The zero-order valence-electron chi connectivity index (χ0n) is 18.5. The van der Waals surface area contributed by atoms with E-state index >= 15 is 0 Å². The Morgan fingerprint density at radius 2 is 1.88 bits per heavy atom. The van der Waals surface area contributed by atoms with E-state index in [1.807, 2.05) is 25.1 Å². The molecule has 1 aromatic heterocycles. The lowest BCUT2D eigenvalue weighted by atomic mass is 10.1. The molecule has 174 valence electrons. The van der Waals surface area contributed by atoms with E-state index in [0.29, 0.717) is 40.0 Å². The van der Waals surface area contributed by atoms with Crippen molar-refractivity contribution in [3.05, 3.63) is 82.4 Å². The Balaban J connectivity index is 1.64. The van der Waals surface area contributed by atoms with E-state index in [4.69, 9.17) is 4.74 Å². The van der Waals surface area contributed by atoms with E-state index in [-0.39, 0.29) is 5.69 Å². The number of aromatic nitrogens is 1. The van der Waals surface area contributed by atoms with Crippen molar-refractivity contribution in [3.63, 3.8) is 0 Å². The van der Waals surface area contributed by atoms with Crippen LogP contribution in [0.15, 0.2) is 66.7 Å². The van der Waals surface area contributed by atoms with Crippen LogP contribution in [0.3, 0.4) is 0 Å². The van der Waals surface area contributed by atoms with Gasteiger partial charge in [0.05, 0.1) is 28.3 Å². The Kier molecular flexibility index (Phi) is 6.84. The number of para-hydroxylation sites is 1. The summed E-state index contributed by atoms with van der Waals surface area (Å²) in [7, 11) is 0. The second kappa shape index (κ2) is 10.1. The number of unbranched alkanes of at least 4 members (excludes halogenated alkanes) is 1. The van der Waals surface area contributed by atoms with Gasteiger partial charge < -0.3 is 15.2 Å². The van der Waals surface area contributed by atoms with Gasteiger partial charge >= 0.3 is 6.09 Å². The van der Waals surface area contributed by atoms with E-state index < -0.39 is 17.2 Å². The molecular weight excluding hydrogens is 436 g/mol. The number of nitro groups is 1. The van der Waals surface area contributed by atoms with Gasteiger partial charge in [0, 0.05) is 34.2 Å². The molecule has 0 saturated carbocycles. The number of aliphatic hydroxyl groups is 1. The van der Waals surface area contributed by atoms with Gasteiger partial charge in [0.15, 0.2) is 6.23 Å². The van der Waals surface area contributed by atoms with Crippen molar-refractivity contribution in [1.82, 2.24) is 4.98 Å². The fraction of sp³-hybridized carbons (Fsp3) is 0.200. The molecule has 0 spiro atoms. The Morgan fingerprint density at radius 1 is 1.09 bits per heavy atom. The fourth-order valence-corrected chi connectivity index (χ4v) is 3.62. The fourth-order valence-electron chi connectivity index (χ4n) is 3.62. The standard InChI is InChI=1S/C25H24N4O5/c1-2-3-13-34-25(31)26-17-8-6-7-16(14-17)24(30)28-23-19-9-4-5-10-21(19)27-22-15-18(29(32)33)11-12-20(22)23/h4-12,14-15,24,30H,2-3,13H2,1H3,(H,26,31)(H,27,28). The zero-order valence-corrected chi connectivity index (χ0v) is 18.5. The number of anilines is 2. The van der Waals surface area contributed by atoms with Gasteiger partial charge in [0.1, 0.15) is 0 Å². The first-order valence-corrected chi connectivity index (χ1v) is 10.9. The summed E-state index contributed by atoms with van der Waals surface area (Å²) in [5.74, 6) is 0. The number of carbonyl (C=O) groups is 1. The highest BCUT2D eigenvalue weighted by Gasteiger charge is 2.16. The number of pyridine rings is 1. The number of hydrogen-bond acceptors (Lipinski definition) is 7. The molecule has 3 aromatic carbocycles. The summed E-state index contributed by atoms with van der Waals surface area (Å²) >= 11 is 0. The molecule has 0 saturated heterocycles. The summed E-state index contributed by atoms with van der Waals surface area (Å²) in [5, 5.41) is 29.4. The number of carbonyl (C=O) groups excluding carboxylic acids is 1. The SMILES string of the molecule is CCCCOC(=O)Nc1cccc(C(O)Nc2c3ccccc3nc3cc([N+](=O)[O-])ccc23)c1. The topological polar surface area (TPSA) is 127 Å². The molecule has 1 atom stereocenters. The molecule has 1 heterocycles. The van der Waals surface area contributed by atoms with Crippen LogP contribution in [-0.4, -0.2) is 27.7 Å². The van der Waals surface area contributed by atoms with Crippen LogP contribution in [0.25, 0.3) is 21.8 Å². The Bertz CT molecular complexity index is 1360. The number of aliphatic hydroxyl groups excluding tert-OH is 1. The number of non-ortho nitro benzene ring substituents is 1. The summed E-state index contributed by atoms with van der Waals surface area (Å²) in [4.78, 5) is 27.3. The average molecular weight is 460 g/mol. The summed E-state index contributed by atoms with van der Waals surface area (Å²) in [6.45, 7) is 2.35. The number of fused-ring (bicyclic) bond motifs is 2. The van der Waals surface area contributed by atoms with Crippen molar-refractivity contribution in [2.45, 2.75) is 26.0 Å². The van der Waals surface area contributed by atoms with Crippen LogP contribution in [0.5, 0.6) is 0 Å². The van der Waals surface area contributed by atoms with Gasteiger partial charge in [-0.1, -0.05) is 43.7 Å². The minimum absolute atomic E-state index is 0.0635. The van der Waals surface area contributed by atoms with Gasteiger partial charge in [0.25, 0.3) is 5.69 Å². The van der Waals surface area contributed by atoms with E-state index in [2.05, 4.69) is 15.6 Å². The molecule has 4 aromatic rings. The van der Waals surface area contributed by atoms with Crippen LogP contribution in [-0.2, 0) is 4.74 Å². The molecule has 4 rings (SSSR count). The lowest BCUT2D eigenvalue weighted by Crippen LogP contribution is -2.15. The number of benzene rings is 3. The van der Waals surface area contributed by atoms with Crippen molar-refractivity contribution in [1.29, 1.82) is 0 Å². The molecule has 0 fully saturated rings. The number of nitrogens with zero attached hydrogens (tertiary/aromatic N) is 2. The van der Waals surface area contributed by atoms with Crippen LogP contribution in [0.2, 0.25) is 0 Å². The predicted molar refractivity (Wildman–Crippen MR) is 131 cm³/mol. The first kappa shape index (κ1) is 22.9. The first-order chi connectivity index (χ1) is 16.5. The molecule has 1 amide bonds. The highest BCUT2D eigenvalue weighted by molar-refractivity contribution is 6.07. The normalized spacial score (nSPS) is 11.8. The number of hydrogen-bond donors (Lipinski definition) is 3. The molecule has 0 radical (unpaired) electrons. The van der Waals surface area contributed by atoms with E-state index in [9.17, 15) is 20.0 Å². The zero-order chi connectivity index (χ0) is 24.1. The predicted octanol–water partition coefficient (Wildman–Crippen LogP) is 5.75. The number of nitrogens with one attached hydrogen (secondary N) is 2. The maximum Gasteiger partial charge on any atom is 0.411 e. The van der Waals surface area contributed by atoms with Crippen LogP contribution in [0.4, 0.5) is 21.9 Å². The Labute approximate surface area is 195 Å². The molecule has 0 bridgehead atoms. The molecule has 9 nitrogen and oxygen atoms in total. The highest BCUT2D eigenvalue weighted by Crippen LogP contribution is 2.34. The monoisotopic (exact) mass is 460 g/mol. The van der Waals surface area contributed by atoms with E-state index in [0.717, 1.165) is 18.2 Å². The lowest BCUT2D eigenvalue weighted by molar-refractivity contribution is -0.384. The van der Waals surface area contributed by atoms with Crippen LogP contribution in [0.1, 0.15) is 31.6 Å². The van der Waals surface area contributed by atoms with Crippen LogP contribution in [0, 0.1) is 10.1 Å². The minimum atomic E-state index is -1.12. The second-order valence-corrected chi connectivity index (χ2v) is 7.75. The van der Waals surface area contributed by atoms with Gasteiger partial charge in [-0.25, -0.2) is 9.78 Å². The maximum absolute atomic E-state index is 12.0. The molecule has 1 unspecified atom stereocenters. The largest absolute Gasteiger partial charge is 0.449 e. The molecule has 0 aliphatic heterocycles. The minimum Gasteiger partial charge on any atom is -0.449 e. The van der Waals surface area contributed by atoms with Crippen molar-refractivity contribution in [2.24, 2.45) is 0 Å². The molecule has 3 N–H and O–H groups in total. The van der Waals surface area contributed by atoms with E-state index in [1.54, 1.807) is 36.4 Å². The average Bonchev–Trinajstić information content (AvgIpc) is 2.83. The molecule has 9 heteroatoms. The molecule has 34 heavy (non-hydrogen) atoms. The molecular formula is C25H24N4O5. The summed E-state index contributed by atoms with van der Waals surface area (Å²) < 4.78 is 5.12. The van der Waals surface area contributed by atoms with Gasteiger partial charge in [-0.3, -0.25) is 15.4 Å². The van der Waals surface area contributed by atoms with Crippen LogP contribution >= 0.6 is 0 Å². The Morgan fingerprint density at radius 3 is 2.68 bits per heavy atom. The van der Waals surface area contributed by atoms with Gasteiger partial charge in [-0.15, -0.1) is 0 Å². The number of rotatable bonds is 8. The highest BCUT2D eigenvalue weighted by atomic mass is 16.6. The summed E-state index contributed by atoms with van der Waals surface area (Å²) in [5.41, 5.74) is 2.61. The third kappa shape index (κ3) is 5.05. The van der Waals surface area contributed by atoms with Crippen molar-refractivity contribution in [3.8, 4) is 0 Å². The molecule has 0 aliphatic rings. The smallest absolute Gasteiger partial charge is 0.411 e. The second-order valence-electron chi connectivity index (χ2n) is 7.75. The van der Waals surface area contributed by atoms with E-state index in [1.165, 1.54) is 12.1 Å². The van der Waals surface area contributed by atoms with Crippen molar-refractivity contribution < 1.29 is 19.6 Å². The third-order valence-electron chi connectivity index (χ3n) is 5.34. The number of nitro benzene ring substituents is 1. The van der Waals surface area contributed by atoms with Crippen molar-refractivity contribution >= 4 is 45.0 Å². The van der Waals surface area contributed by atoms with Gasteiger partial charge in [0.2, 0.25) is 0 Å². The first-order valence-electron chi connectivity index (χ1n) is 10.9. The maximum atomic E-state index is 12.0. The summed E-state index contributed by atoms with van der Waals surface area (Å²) in [6.07, 6.45) is 0.0298. The number of ether oxygens (including phenoxy) is 1. The lowest BCUT2D eigenvalue weighted by Gasteiger charge is -2.19. The quantitative estimate of drug-likeness (QED) is 0.100. The Hall–Kier alpha value is -4.24. The third-order valence-corrected chi connectivity index (χ3v) is 5.34. The van der Waals surface area contributed by atoms with Gasteiger partial charge in [-0.2, -0.15) is 0 Å². The van der Waals surface area contributed by atoms with Gasteiger partial charge in [-0.05, 0) is 30.7 Å².